The third kappa shape index (κ3) is 5.16. The van der Waals surface area contributed by atoms with Crippen molar-refractivity contribution in [3.63, 3.8) is 0 Å². The van der Waals surface area contributed by atoms with Crippen LogP contribution in [0.15, 0.2) is 47.3 Å². The highest BCUT2D eigenvalue weighted by Gasteiger charge is 2.15. The molecule has 10 nitrogen and oxygen atoms in total. The van der Waals surface area contributed by atoms with Crippen molar-refractivity contribution in [1.82, 2.24) is 19.6 Å². The molecule has 3 aromatic rings. The van der Waals surface area contributed by atoms with Crippen LogP contribution in [0.5, 0.6) is 5.75 Å². The molecule has 2 heterocycles. The first kappa shape index (κ1) is 19.5. The second-order valence-corrected chi connectivity index (χ2v) is 6.83. The van der Waals surface area contributed by atoms with Crippen LogP contribution < -0.4 is 10.1 Å². The minimum Gasteiger partial charge on any atom is -0.471 e. The standard InChI is InChI=1S/C17H17BrN6O4/c1-12-16(24(26)27)10-22(21-12)7-6-17(25)20-14-8-19-23(9-14)11-28-15-4-2-13(18)3-5-15/h2-5,8-10H,6-7,11H2,1H3,(H,20,25). The summed E-state index contributed by atoms with van der Waals surface area (Å²) in [6.07, 6.45) is 4.62. The number of nitro groups is 1. The summed E-state index contributed by atoms with van der Waals surface area (Å²) < 4.78 is 9.51. The predicted octanol–water partition coefficient (Wildman–Crippen LogP) is 3.12. The van der Waals surface area contributed by atoms with Crippen molar-refractivity contribution >= 4 is 33.2 Å². The fourth-order valence-corrected chi connectivity index (χ4v) is 2.68. The SMILES string of the molecule is Cc1nn(CCC(=O)Nc2cnn(COc3ccc(Br)cc3)c2)cc1[N+](=O)[O-]. The van der Waals surface area contributed by atoms with E-state index in [9.17, 15) is 14.9 Å². The van der Waals surface area contributed by atoms with Crippen LogP contribution in [-0.4, -0.2) is 30.4 Å². The van der Waals surface area contributed by atoms with Crippen molar-refractivity contribution in [1.29, 1.82) is 0 Å². The molecule has 3 rings (SSSR count). The van der Waals surface area contributed by atoms with Crippen LogP contribution in [0.1, 0.15) is 12.1 Å². The van der Waals surface area contributed by atoms with Crippen molar-refractivity contribution < 1.29 is 14.5 Å². The number of nitrogens with one attached hydrogen (secondary N) is 1. The van der Waals surface area contributed by atoms with Gasteiger partial charge in [-0.25, -0.2) is 4.68 Å². The number of carbonyl (C=O) groups is 1. The van der Waals surface area contributed by atoms with E-state index in [1.54, 1.807) is 17.8 Å². The number of ether oxygens (including phenoxy) is 1. The lowest BCUT2D eigenvalue weighted by atomic mass is 10.3. The molecular formula is C17H17BrN6O4. The zero-order valence-corrected chi connectivity index (χ0v) is 16.5. The molecule has 0 radical (unpaired) electrons. The normalized spacial score (nSPS) is 10.6. The maximum Gasteiger partial charge on any atom is 0.309 e. The Morgan fingerprint density at radius 3 is 2.71 bits per heavy atom. The van der Waals surface area contributed by atoms with Gasteiger partial charge in [0.05, 0.1) is 23.0 Å². The van der Waals surface area contributed by atoms with Crippen LogP contribution in [0, 0.1) is 17.0 Å². The van der Waals surface area contributed by atoms with E-state index in [4.69, 9.17) is 4.74 Å². The summed E-state index contributed by atoms with van der Waals surface area (Å²) in [5.41, 5.74) is 0.789. The molecule has 1 N–H and O–H groups in total. The molecule has 0 aliphatic carbocycles. The number of benzene rings is 1. The first-order valence-electron chi connectivity index (χ1n) is 8.30. The average molecular weight is 449 g/mol. The number of halogens is 1. The van der Waals surface area contributed by atoms with Crippen molar-refractivity contribution in [2.24, 2.45) is 0 Å². The van der Waals surface area contributed by atoms with Gasteiger partial charge < -0.3 is 10.1 Å². The number of carbonyl (C=O) groups excluding carboxylic acids is 1. The van der Waals surface area contributed by atoms with Crippen molar-refractivity contribution in [2.75, 3.05) is 5.32 Å². The summed E-state index contributed by atoms with van der Waals surface area (Å²) in [5, 5.41) is 21.7. The van der Waals surface area contributed by atoms with Crippen LogP contribution in [-0.2, 0) is 18.1 Å². The van der Waals surface area contributed by atoms with Gasteiger partial charge in [0.1, 0.15) is 17.6 Å². The molecule has 0 atom stereocenters. The number of aromatic nitrogens is 4. The molecule has 11 heteroatoms. The highest BCUT2D eigenvalue weighted by Crippen LogP contribution is 2.17. The van der Waals surface area contributed by atoms with Crippen molar-refractivity contribution in [3.8, 4) is 5.75 Å². The highest BCUT2D eigenvalue weighted by molar-refractivity contribution is 9.10. The smallest absolute Gasteiger partial charge is 0.309 e. The van der Waals surface area contributed by atoms with Gasteiger partial charge >= 0.3 is 5.69 Å². The Morgan fingerprint density at radius 1 is 1.29 bits per heavy atom. The average Bonchev–Trinajstić information content (AvgIpc) is 3.26. The molecule has 28 heavy (non-hydrogen) atoms. The van der Waals surface area contributed by atoms with E-state index < -0.39 is 4.92 Å². The molecule has 0 unspecified atom stereocenters. The van der Waals surface area contributed by atoms with Crippen LogP contribution in [0.2, 0.25) is 0 Å². The molecular weight excluding hydrogens is 432 g/mol. The lowest BCUT2D eigenvalue weighted by molar-refractivity contribution is -0.385. The molecule has 0 bridgehead atoms. The van der Waals surface area contributed by atoms with Crippen molar-refractivity contribution in [3.05, 3.63) is 63.1 Å². The maximum atomic E-state index is 12.1. The fourth-order valence-electron chi connectivity index (χ4n) is 2.41. The zero-order chi connectivity index (χ0) is 20.1. The Bertz CT molecular complexity index is 982. The van der Waals surface area contributed by atoms with E-state index in [2.05, 4.69) is 31.4 Å². The summed E-state index contributed by atoms with van der Waals surface area (Å²) in [7, 11) is 0. The van der Waals surface area contributed by atoms with E-state index in [-0.39, 0.29) is 31.3 Å². The zero-order valence-electron chi connectivity index (χ0n) is 14.9. The quantitative estimate of drug-likeness (QED) is 0.417. The van der Waals surface area contributed by atoms with Crippen LogP contribution >= 0.6 is 15.9 Å². The molecule has 0 saturated carbocycles. The van der Waals surface area contributed by atoms with Gasteiger partial charge in [-0.1, -0.05) is 15.9 Å². The van der Waals surface area contributed by atoms with Gasteiger partial charge in [-0.15, -0.1) is 0 Å². The second kappa shape index (κ2) is 8.65. The first-order valence-corrected chi connectivity index (χ1v) is 9.09. The van der Waals surface area contributed by atoms with Gasteiger partial charge in [-0.2, -0.15) is 10.2 Å². The third-order valence-corrected chi connectivity index (χ3v) is 4.31. The van der Waals surface area contributed by atoms with Gasteiger partial charge in [0.15, 0.2) is 6.73 Å². The topological polar surface area (TPSA) is 117 Å². The Kier molecular flexibility index (Phi) is 6.04. The molecule has 1 amide bonds. The molecule has 0 aliphatic heterocycles. The van der Waals surface area contributed by atoms with Gasteiger partial charge in [0, 0.05) is 17.4 Å². The number of amides is 1. The molecule has 0 fully saturated rings. The largest absolute Gasteiger partial charge is 0.471 e. The van der Waals surface area contributed by atoms with Gasteiger partial charge in [0.2, 0.25) is 5.91 Å². The summed E-state index contributed by atoms with van der Waals surface area (Å²) in [6, 6.07) is 7.41. The number of hydrogen-bond donors (Lipinski definition) is 1. The molecule has 1 aromatic carbocycles. The molecule has 0 aliphatic rings. The van der Waals surface area contributed by atoms with E-state index >= 15 is 0 Å². The van der Waals surface area contributed by atoms with Crippen molar-refractivity contribution in [2.45, 2.75) is 26.6 Å². The number of rotatable bonds is 8. The predicted molar refractivity (Wildman–Crippen MR) is 104 cm³/mol. The van der Waals surface area contributed by atoms with E-state index in [1.165, 1.54) is 17.1 Å². The number of hydrogen-bond acceptors (Lipinski definition) is 6. The number of aryl methyl sites for hydroxylation is 2. The minimum atomic E-state index is -0.496. The summed E-state index contributed by atoms with van der Waals surface area (Å²) in [4.78, 5) is 22.4. The summed E-state index contributed by atoms with van der Waals surface area (Å²) in [6.45, 7) is 1.99. The van der Waals surface area contributed by atoms with E-state index in [0.29, 0.717) is 17.1 Å². The number of anilines is 1. The summed E-state index contributed by atoms with van der Waals surface area (Å²) in [5.74, 6) is 0.456. The lowest BCUT2D eigenvalue weighted by Gasteiger charge is -2.06. The van der Waals surface area contributed by atoms with Crippen LogP contribution in [0.4, 0.5) is 11.4 Å². The minimum absolute atomic E-state index is 0.0625. The van der Waals surface area contributed by atoms with Gasteiger partial charge in [-0.3, -0.25) is 19.6 Å². The Labute approximate surface area is 168 Å². The molecule has 0 spiro atoms. The Balaban J connectivity index is 1.47. The van der Waals surface area contributed by atoms with Gasteiger partial charge in [0.25, 0.3) is 0 Å². The second-order valence-electron chi connectivity index (χ2n) is 5.91. The van der Waals surface area contributed by atoms with Crippen LogP contribution in [0.25, 0.3) is 0 Å². The fraction of sp³-hybridized carbons (Fsp3) is 0.235. The van der Waals surface area contributed by atoms with E-state index in [1.807, 2.05) is 24.3 Å². The number of nitrogens with zero attached hydrogens (tertiary/aromatic N) is 5. The summed E-state index contributed by atoms with van der Waals surface area (Å²) >= 11 is 3.36. The molecule has 2 aromatic heterocycles. The van der Waals surface area contributed by atoms with Crippen LogP contribution in [0.3, 0.4) is 0 Å². The maximum absolute atomic E-state index is 12.1. The lowest BCUT2D eigenvalue weighted by Crippen LogP contribution is -2.14. The first-order chi connectivity index (χ1) is 13.4. The Hall–Kier alpha value is -3.21. The van der Waals surface area contributed by atoms with E-state index in [0.717, 1.165) is 4.47 Å². The Morgan fingerprint density at radius 2 is 2.04 bits per heavy atom. The third-order valence-electron chi connectivity index (χ3n) is 3.78. The molecule has 146 valence electrons. The molecule has 0 saturated heterocycles. The highest BCUT2D eigenvalue weighted by atomic mass is 79.9. The monoisotopic (exact) mass is 448 g/mol. The van der Waals surface area contributed by atoms with Gasteiger partial charge in [-0.05, 0) is 31.2 Å².